The number of ether oxygens (including phenoxy) is 1. The third-order valence-electron chi connectivity index (χ3n) is 3.13. The molecule has 0 saturated carbocycles. The summed E-state index contributed by atoms with van der Waals surface area (Å²) < 4.78 is 33.6. The van der Waals surface area contributed by atoms with Crippen molar-refractivity contribution in [3.8, 4) is 5.75 Å². The Morgan fingerprint density at radius 1 is 1.09 bits per heavy atom. The fraction of sp³-hybridized carbons (Fsp3) is 0.250. The second-order valence-electron chi connectivity index (χ2n) is 4.68. The Morgan fingerprint density at radius 3 is 2.36 bits per heavy atom. The van der Waals surface area contributed by atoms with E-state index < -0.39 is 10.0 Å². The van der Waals surface area contributed by atoms with E-state index in [-0.39, 0.29) is 4.90 Å². The van der Waals surface area contributed by atoms with Crippen LogP contribution in [0, 0.1) is 0 Å². The smallest absolute Gasteiger partial charge is 0.262 e. The summed E-state index contributed by atoms with van der Waals surface area (Å²) in [5, 5.41) is 0. The lowest BCUT2D eigenvalue weighted by atomic mass is 10.2. The van der Waals surface area contributed by atoms with Crippen LogP contribution < -0.4 is 9.46 Å². The van der Waals surface area contributed by atoms with Gasteiger partial charge >= 0.3 is 0 Å². The van der Waals surface area contributed by atoms with E-state index in [1.54, 1.807) is 18.2 Å². The first-order valence-corrected chi connectivity index (χ1v) is 9.28. The van der Waals surface area contributed by atoms with Crippen LogP contribution in [0.5, 0.6) is 5.75 Å². The van der Waals surface area contributed by atoms with Crippen molar-refractivity contribution >= 4 is 31.6 Å². The normalized spacial score (nSPS) is 11.2. The van der Waals surface area contributed by atoms with Gasteiger partial charge in [0.2, 0.25) is 0 Å². The van der Waals surface area contributed by atoms with Crippen LogP contribution in [-0.4, -0.2) is 15.0 Å². The molecular weight excluding hydrogens is 366 g/mol. The lowest BCUT2D eigenvalue weighted by Gasteiger charge is -2.11. The lowest BCUT2D eigenvalue weighted by molar-refractivity contribution is 0.337. The summed E-state index contributed by atoms with van der Waals surface area (Å²) in [6.07, 6.45) is 0.914. The number of hydrogen-bond donors (Lipinski definition) is 1. The molecule has 0 saturated heterocycles. The molecule has 0 aromatic heterocycles. The van der Waals surface area contributed by atoms with Gasteiger partial charge < -0.3 is 4.74 Å². The Hall–Kier alpha value is -1.53. The number of benzene rings is 2. The van der Waals surface area contributed by atoms with Gasteiger partial charge in [0, 0.05) is 11.8 Å². The van der Waals surface area contributed by atoms with Crippen LogP contribution in [0.15, 0.2) is 51.8 Å². The Morgan fingerprint density at radius 2 is 1.77 bits per heavy atom. The fourth-order valence-electron chi connectivity index (χ4n) is 1.94. The molecule has 2 aromatic rings. The van der Waals surface area contributed by atoms with E-state index in [4.69, 9.17) is 4.74 Å². The van der Waals surface area contributed by atoms with Crippen LogP contribution >= 0.6 is 15.9 Å². The molecule has 1 N–H and O–H groups in total. The monoisotopic (exact) mass is 383 g/mol. The van der Waals surface area contributed by atoms with Crippen molar-refractivity contribution < 1.29 is 13.2 Å². The van der Waals surface area contributed by atoms with Crippen molar-refractivity contribution in [1.29, 1.82) is 0 Å². The molecule has 0 aliphatic heterocycles. The first kappa shape index (κ1) is 16.8. The molecule has 0 unspecified atom stereocenters. The van der Waals surface area contributed by atoms with Crippen LogP contribution in [-0.2, 0) is 16.4 Å². The first-order chi connectivity index (χ1) is 10.5. The maximum absolute atomic E-state index is 12.4. The Labute approximate surface area is 139 Å². The average molecular weight is 384 g/mol. The van der Waals surface area contributed by atoms with Crippen LogP contribution in [0.2, 0.25) is 0 Å². The molecule has 0 radical (unpaired) electrons. The van der Waals surface area contributed by atoms with Crippen LogP contribution in [0.25, 0.3) is 0 Å². The highest BCUT2D eigenvalue weighted by molar-refractivity contribution is 9.10. The Kier molecular flexibility index (Phi) is 5.47. The van der Waals surface area contributed by atoms with E-state index in [9.17, 15) is 8.42 Å². The van der Waals surface area contributed by atoms with Crippen molar-refractivity contribution in [2.24, 2.45) is 0 Å². The molecule has 118 valence electrons. The predicted molar refractivity (Wildman–Crippen MR) is 91.9 cm³/mol. The topological polar surface area (TPSA) is 55.4 Å². The molecule has 0 fully saturated rings. The molecule has 0 atom stereocenters. The maximum atomic E-state index is 12.4. The van der Waals surface area contributed by atoms with E-state index in [2.05, 4.69) is 27.6 Å². The van der Waals surface area contributed by atoms with Gasteiger partial charge in [-0.05, 0) is 59.1 Å². The quantitative estimate of drug-likeness (QED) is 0.812. The summed E-state index contributed by atoms with van der Waals surface area (Å²) in [4.78, 5) is 0.165. The number of aryl methyl sites for hydroxylation is 1. The number of rotatable bonds is 6. The molecule has 0 spiro atoms. The molecule has 0 bridgehead atoms. The number of anilines is 1. The molecule has 0 amide bonds. The Bertz CT molecular complexity index is 742. The lowest BCUT2D eigenvalue weighted by Crippen LogP contribution is -2.13. The Balaban J connectivity index is 2.27. The van der Waals surface area contributed by atoms with E-state index >= 15 is 0 Å². The van der Waals surface area contributed by atoms with Gasteiger partial charge in [0.25, 0.3) is 10.0 Å². The molecule has 4 nitrogen and oxygen atoms in total. The third-order valence-corrected chi connectivity index (χ3v) is 5.16. The second kappa shape index (κ2) is 7.15. The first-order valence-electron chi connectivity index (χ1n) is 7.00. The third kappa shape index (κ3) is 4.01. The van der Waals surface area contributed by atoms with Crippen molar-refractivity contribution in [3.63, 3.8) is 0 Å². The fourth-order valence-corrected chi connectivity index (χ4v) is 3.37. The summed E-state index contributed by atoms with van der Waals surface area (Å²) in [6.45, 7) is 4.37. The molecule has 0 heterocycles. The zero-order valence-corrected chi connectivity index (χ0v) is 14.9. The van der Waals surface area contributed by atoms with Crippen molar-refractivity contribution in [1.82, 2.24) is 0 Å². The van der Waals surface area contributed by atoms with Gasteiger partial charge in [0.05, 0.1) is 16.0 Å². The van der Waals surface area contributed by atoms with Gasteiger partial charge in [0.15, 0.2) is 0 Å². The van der Waals surface area contributed by atoms with Gasteiger partial charge in [0.1, 0.15) is 5.75 Å². The predicted octanol–water partition coefficient (Wildman–Crippen LogP) is 4.21. The molecule has 22 heavy (non-hydrogen) atoms. The zero-order valence-electron chi connectivity index (χ0n) is 12.5. The SMILES string of the molecule is CCOc1cc(S(=O)(=O)Nc2ccc(CC)cc2)ccc1Br. The highest BCUT2D eigenvalue weighted by Crippen LogP contribution is 2.28. The van der Waals surface area contributed by atoms with Gasteiger partial charge in [-0.1, -0.05) is 19.1 Å². The van der Waals surface area contributed by atoms with Crippen LogP contribution in [0.4, 0.5) is 5.69 Å². The average Bonchev–Trinajstić information content (AvgIpc) is 2.50. The maximum Gasteiger partial charge on any atom is 0.262 e. The van der Waals surface area contributed by atoms with Crippen molar-refractivity contribution in [2.45, 2.75) is 25.2 Å². The molecule has 6 heteroatoms. The number of nitrogens with one attached hydrogen (secondary N) is 1. The van der Waals surface area contributed by atoms with Crippen LogP contribution in [0.3, 0.4) is 0 Å². The number of hydrogen-bond acceptors (Lipinski definition) is 3. The molecule has 0 aliphatic rings. The summed E-state index contributed by atoms with van der Waals surface area (Å²) >= 11 is 3.34. The summed E-state index contributed by atoms with van der Waals surface area (Å²) in [6, 6.07) is 12.1. The molecule has 2 rings (SSSR count). The highest BCUT2D eigenvalue weighted by atomic mass is 79.9. The largest absolute Gasteiger partial charge is 0.493 e. The standard InChI is InChI=1S/C16H18BrNO3S/c1-3-12-5-7-13(8-6-12)18-22(19,20)14-9-10-15(17)16(11-14)21-4-2/h5-11,18H,3-4H2,1-2H3. The van der Waals surface area contributed by atoms with Gasteiger partial charge in [-0.2, -0.15) is 0 Å². The summed E-state index contributed by atoms with van der Waals surface area (Å²) in [5.74, 6) is 0.506. The number of halogens is 1. The van der Waals surface area contributed by atoms with Gasteiger partial charge in [-0.15, -0.1) is 0 Å². The molecule has 2 aromatic carbocycles. The summed E-state index contributed by atoms with van der Waals surface area (Å²) in [5.41, 5.74) is 1.70. The highest BCUT2D eigenvalue weighted by Gasteiger charge is 2.16. The second-order valence-corrected chi connectivity index (χ2v) is 7.22. The summed E-state index contributed by atoms with van der Waals surface area (Å²) in [7, 11) is -3.64. The minimum atomic E-state index is -3.64. The van der Waals surface area contributed by atoms with E-state index in [0.717, 1.165) is 16.5 Å². The van der Waals surface area contributed by atoms with Crippen molar-refractivity contribution in [2.75, 3.05) is 11.3 Å². The zero-order chi connectivity index (χ0) is 16.2. The van der Waals surface area contributed by atoms with Crippen LogP contribution in [0.1, 0.15) is 19.4 Å². The molecule has 0 aliphatic carbocycles. The van der Waals surface area contributed by atoms with E-state index in [1.165, 1.54) is 12.1 Å². The minimum Gasteiger partial charge on any atom is -0.493 e. The molecular formula is C16H18BrNO3S. The van der Waals surface area contributed by atoms with Crippen molar-refractivity contribution in [3.05, 3.63) is 52.5 Å². The van der Waals surface area contributed by atoms with Gasteiger partial charge in [-0.3, -0.25) is 4.72 Å². The van der Waals surface area contributed by atoms with Gasteiger partial charge in [-0.25, -0.2) is 8.42 Å². The number of sulfonamides is 1. The van der Waals surface area contributed by atoms with E-state index in [1.807, 2.05) is 19.1 Å². The van der Waals surface area contributed by atoms with E-state index in [0.29, 0.717) is 18.0 Å². The minimum absolute atomic E-state index is 0.165.